The lowest BCUT2D eigenvalue weighted by Gasteiger charge is -2.30. The lowest BCUT2D eigenvalue weighted by Crippen LogP contribution is -2.39. The number of likely N-dealkylation sites (tertiary alicyclic amines) is 1. The molecule has 1 amide bonds. The first-order valence-corrected chi connectivity index (χ1v) is 6.44. The summed E-state index contributed by atoms with van der Waals surface area (Å²) in [7, 11) is 0. The number of nitrogens with zero attached hydrogens (tertiary/aromatic N) is 1. The first-order chi connectivity index (χ1) is 7.25. The Morgan fingerprint density at radius 3 is 3.20 bits per heavy atom. The van der Waals surface area contributed by atoms with E-state index in [1.807, 2.05) is 22.4 Å². The molecular formula is C12H17NOS. The van der Waals surface area contributed by atoms with Crippen molar-refractivity contribution < 1.29 is 4.79 Å². The van der Waals surface area contributed by atoms with Crippen molar-refractivity contribution in [2.75, 3.05) is 13.1 Å². The van der Waals surface area contributed by atoms with E-state index in [1.165, 1.54) is 11.3 Å². The van der Waals surface area contributed by atoms with E-state index in [1.54, 1.807) is 11.3 Å². The molecule has 2 rings (SSSR count). The van der Waals surface area contributed by atoms with E-state index in [2.05, 4.69) is 6.92 Å². The molecule has 0 spiro atoms. The van der Waals surface area contributed by atoms with Gasteiger partial charge in [0.1, 0.15) is 0 Å². The zero-order valence-electron chi connectivity index (χ0n) is 9.11. The summed E-state index contributed by atoms with van der Waals surface area (Å²) in [6.07, 6.45) is 3.02. The van der Waals surface area contributed by atoms with E-state index >= 15 is 0 Å². The molecule has 3 heteroatoms. The average Bonchev–Trinajstić information content (AvgIpc) is 2.70. The number of rotatable bonds is 2. The van der Waals surface area contributed by atoms with Crippen molar-refractivity contribution in [1.29, 1.82) is 0 Å². The van der Waals surface area contributed by atoms with Crippen LogP contribution in [0.1, 0.15) is 24.6 Å². The van der Waals surface area contributed by atoms with Gasteiger partial charge in [0.2, 0.25) is 5.91 Å². The number of hydrogen-bond donors (Lipinski definition) is 0. The summed E-state index contributed by atoms with van der Waals surface area (Å²) in [6, 6.07) is 4.04. The molecule has 0 saturated carbocycles. The molecule has 1 aliphatic heterocycles. The van der Waals surface area contributed by atoms with Crippen LogP contribution in [0.2, 0.25) is 0 Å². The van der Waals surface area contributed by atoms with Gasteiger partial charge in [-0.2, -0.15) is 0 Å². The second-order valence-electron chi connectivity index (χ2n) is 4.34. The minimum absolute atomic E-state index is 0.295. The van der Waals surface area contributed by atoms with Crippen molar-refractivity contribution in [1.82, 2.24) is 4.90 Å². The summed E-state index contributed by atoms with van der Waals surface area (Å²) in [4.78, 5) is 15.1. The SMILES string of the molecule is C[C@@H]1CCCN(C(=O)Cc2cccs2)C1. The molecule has 0 radical (unpaired) electrons. The average molecular weight is 223 g/mol. The first-order valence-electron chi connectivity index (χ1n) is 5.56. The highest BCUT2D eigenvalue weighted by Crippen LogP contribution is 2.17. The summed E-state index contributed by atoms with van der Waals surface area (Å²) in [5.41, 5.74) is 0. The van der Waals surface area contributed by atoms with Gasteiger partial charge in [-0.25, -0.2) is 0 Å². The Morgan fingerprint density at radius 1 is 1.67 bits per heavy atom. The number of amides is 1. The summed E-state index contributed by atoms with van der Waals surface area (Å²) in [5.74, 6) is 0.968. The Kier molecular flexibility index (Phi) is 3.41. The van der Waals surface area contributed by atoms with Crippen LogP contribution in [0.4, 0.5) is 0 Å². The van der Waals surface area contributed by atoms with Crippen LogP contribution in [0.15, 0.2) is 17.5 Å². The fourth-order valence-electron chi connectivity index (χ4n) is 2.09. The number of carbonyl (C=O) groups is 1. The molecule has 82 valence electrons. The third-order valence-electron chi connectivity index (χ3n) is 2.92. The van der Waals surface area contributed by atoms with E-state index in [4.69, 9.17) is 0 Å². The van der Waals surface area contributed by atoms with Gasteiger partial charge in [0.05, 0.1) is 6.42 Å². The second-order valence-corrected chi connectivity index (χ2v) is 5.38. The van der Waals surface area contributed by atoms with Crippen molar-refractivity contribution in [2.24, 2.45) is 5.92 Å². The molecule has 0 aliphatic carbocycles. The van der Waals surface area contributed by atoms with Gasteiger partial charge < -0.3 is 4.90 Å². The molecule has 0 bridgehead atoms. The summed E-state index contributed by atoms with van der Waals surface area (Å²) in [6.45, 7) is 4.13. The topological polar surface area (TPSA) is 20.3 Å². The molecule has 0 N–H and O–H groups in total. The molecule has 0 aromatic carbocycles. The van der Waals surface area contributed by atoms with Gasteiger partial charge in [-0.05, 0) is 30.2 Å². The minimum atomic E-state index is 0.295. The van der Waals surface area contributed by atoms with E-state index in [9.17, 15) is 4.79 Å². The van der Waals surface area contributed by atoms with Gasteiger partial charge in [-0.3, -0.25) is 4.79 Å². The smallest absolute Gasteiger partial charge is 0.227 e. The van der Waals surface area contributed by atoms with Crippen molar-refractivity contribution in [2.45, 2.75) is 26.2 Å². The summed E-state index contributed by atoms with van der Waals surface area (Å²) < 4.78 is 0. The van der Waals surface area contributed by atoms with E-state index < -0.39 is 0 Å². The third kappa shape index (κ3) is 2.81. The van der Waals surface area contributed by atoms with Crippen LogP contribution < -0.4 is 0 Å². The van der Waals surface area contributed by atoms with Crippen molar-refractivity contribution >= 4 is 17.2 Å². The van der Waals surface area contributed by atoms with Crippen LogP contribution in [0.25, 0.3) is 0 Å². The maximum Gasteiger partial charge on any atom is 0.227 e. The number of carbonyl (C=O) groups excluding carboxylic acids is 1. The highest BCUT2D eigenvalue weighted by atomic mass is 32.1. The van der Waals surface area contributed by atoms with Gasteiger partial charge in [0.15, 0.2) is 0 Å². The lowest BCUT2D eigenvalue weighted by molar-refractivity contribution is -0.132. The van der Waals surface area contributed by atoms with E-state index in [0.717, 1.165) is 19.5 Å². The van der Waals surface area contributed by atoms with E-state index in [0.29, 0.717) is 18.2 Å². The minimum Gasteiger partial charge on any atom is -0.342 e. The molecule has 1 aliphatic rings. The molecule has 1 aromatic rings. The van der Waals surface area contributed by atoms with E-state index in [-0.39, 0.29) is 0 Å². The number of thiophene rings is 1. The molecule has 2 heterocycles. The first kappa shape index (κ1) is 10.7. The monoisotopic (exact) mass is 223 g/mol. The zero-order chi connectivity index (χ0) is 10.7. The molecule has 1 fully saturated rings. The van der Waals surface area contributed by atoms with Crippen LogP contribution in [-0.2, 0) is 11.2 Å². The van der Waals surface area contributed by atoms with Gasteiger partial charge in [0.25, 0.3) is 0 Å². The quantitative estimate of drug-likeness (QED) is 0.754. The standard InChI is InChI=1S/C12H17NOS/c1-10-4-2-6-13(9-10)12(14)8-11-5-3-7-15-11/h3,5,7,10H,2,4,6,8-9H2,1H3/t10-/m1/s1. The number of piperidine rings is 1. The van der Waals surface area contributed by atoms with Gasteiger partial charge in [0, 0.05) is 18.0 Å². The predicted octanol–water partition coefficient (Wildman–Crippen LogP) is 2.55. The predicted molar refractivity (Wildman–Crippen MR) is 63.0 cm³/mol. The highest BCUT2D eigenvalue weighted by molar-refractivity contribution is 7.10. The van der Waals surface area contributed by atoms with Crippen molar-refractivity contribution in [3.8, 4) is 0 Å². The molecule has 0 unspecified atom stereocenters. The molecule has 1 atom stereocenters. The Bertz CT molecular complexity index is 320. The van der Waals surface area contributed by atoms with Crippen LogP contribution in [0.3, 0.4) is 0 Å². The Morgan fingerprint density at radius 2 is 2.53 bits per heavy atom. The highest BCUT2D eigenvalue weighted by Gasteiger charge is 2.20. The second kappa shape index (κ2) is 4.79. The van der Waals surface area contributed by atoms with Crippen LogP contribution in [-0.4, -0.2) is 23.9 Å². The van der Waals surface area contributed by atoms with Crippen LogP contribution >= 0.6 is 11.3 Å². The van der Waals surface area contributed by atoms with Gasteiger partial charge >= 0.3 is 0 Å². The normalized spacial score (nSPS) is 21.7. The van der Waals surface area contributed by atoms with Gasteiger partial charge in [-0.15, -0.1) is 11.3 Å². The molecule has 15 heavy (non-hydrogen) atoms. The Hall–Kier alpha value is -0.830. The third-order valence-corrected chi connectivity index (χ3v) is 3.79. The maximum absolute atomic E-state index is 11.9. The van der Waals surface area contributed by atoms with Crippen LogP contribution in [0.5, 0.6) is 0 Å². The molecule has 2 nitrogen and oxygen atoms in total. The van der Waals surface area contributed by atoms with Crippen molar-refractivity contribution in [3.05, 3.63) is 22.4 Å². The van der Waals surface area contributed by atoms with Crippen molar-refractivity contribution in [3.63, 3.8) is 0 Å². The summed E-state index contributed by atoms with van der Waals surface area (Å²) in [5, 5.41) is 2.03. The molecule has 1 saturated heterocycles. The zero-order valence-corrected chi connectivity index (χ0v) is 9.93. The molecule has 1 aromatic heterocycles. The van der Waals surface area contributed by atoms with Gasteiger partial charge in [-0.1, -0.05) is 13.0 Å². The summed E-state index contributed by atoms with van der Waals surface area (Å²) >= 11 is 1.67. The fourth-order valence-corrected chi connectivity index (χ4v) is 2.79. The fraction of sp³-hybridized carbons (Fsp3) is 0.583. The van der Waals surface area contributed by atoms with Crippen LogP contribution in [0, 0.1) is 5.92 Å². The lowest BCUT2D eigenvalue weighted by atomic mass is 10.00. The Labute approximate surface area is 94.9 Å². The molecular weight excluding hydrogens is 206 g/mol. The number of hydrogen-bond acceptors (Lipinski definition) is 2. The largest absolute Gasteiger partial charge is 0.342 e. The Balaban J connectivity index is 1.90. The maximum atomic E-state index is 11.9.